The van der Waals surface area contributed by atoms with E-state index in [1.54, 1.807) is 5.38 Å². The van der Waals surface area contributed by atoms with Crippen LogP contribution in [0.4, 0.5) is 24.5 Å². The number of alkyl halides is 3. The number of aromatic nitrogens is 1. The number of benzene rings is 1. The van der Waals surface area contributed by atoms with E-state index in [9.17, 15) is 26.4 Å². The van der Waals surface area contributed by atoms with Crippen molar-refractivity contribution in [3.63, 3.8) is 0 Å². The van der Waals surface area contributed by atoms with Crippen LogP contribution in [-0.2, 0) is 10.0 Å². The van der Waals surface area contributed by atoms with Gasteiger partial charge in [0, 0.05) is 37.5 Å². The Morgan fingerprint density at radius 2 is 1.76 bits per heavy atom. The van der Waals surface area contributed by atoms with Crippen LogP contribution in [0.25, 0.3) is 0 Å². The van der Waals surface area contributed by atoms with Crippen molar-refractivity contribution in [1.29, 1.82) is 0 Å². The second-order valence-electron chi connectivity index (χ2n) is 8.63. The predicted octanol–water partition coefficient (Wildman–Crippen LogP) is 4.46. The van der Waals surface area contributed by atoms with Crippen molar-refractivity contribution in [3.05, 3.63) is 40.3 Å². The molecule has 12 heteroatoms. The molecule has 3 heterocycles. The number of sulfonamides is 1. The van der Waals surface area contributed by atoms with E-state index in [2.05, 4.69) is 15.2 Å². The second-order valence-corrected chi connectivity index (χ2v) is 11.5. The number of halogens is 3. The average Bonchev–Trinajstić information content (AvgIpc) is 3.29. The molecule has 0 spiro atoms. The zero-order valence-electron chi connectivity index (χ0n) is 18.6. The summed E-state index contributed by atoms with van der Waals surface area (Å²) in [6.45, 7) is 1.91. The van der Waals surface area contributed by atoms with E-state index >= 15 is 0 Å². The van der Waals surface area contributed by atoms with E-state index in [-0.39, 0.29) is 30.6 Å². The fraction of sp³-hybridized carbons (Fsp3) is 0.545. The van der Waals surface area contributed by atoms with Crippen LogP contribution in [0, 0.1) is 0 Å². The maximum atomic E-state index is 12.9. The van der Waals surface area contributed by atoms with Gasteiger partial charge in [-0.15, -0.1) is 11.3 Å². The number of rotatable bonds is 6. The van der Waals surface area contributed by atoms with Gasteiger partial charge in [-0.05, 0) is 44.2 Å². The lowest BCUT2D eigenvalue weighted by Crippen LogP contribution is -2.42. The summed E-state index contributed by atoms with van der Waals surface area (Å²) >= 11 is 1.32. The van der Waals surface area contributed by atoms with Crippen LogP contribution in [0.5, 0.6) is 0 Å². The van der Waals surface area contributed by atoms with Crippen molar-refractivity contribution in [3.8, 4) is 0 Å². The van der Waals surface area contributed by atoms with Crippen molar-refractivity contribution in [2.75, 3.05) is 42.1 Å². The van der Waals surface area contributed by atoms with E-state index in [0.29, 0.717) is 17.8 Å². The number of nitrogens with one attached hydrogen (secondary N) is 1. The highest BCUT2D eigenvalue weighted by molar-refractivity contribution is 7.89. The third-order valence-corrected chi connectivity index (χ3v) is 9.00. The molecule has 0 atom stereocenters. The van der Waals surface area contributed by atoms with Gasteiger partial charge in [0.15, 0.2) is 5.75 Å². The number of piperidine rings is 2. The number of anilines is 2. The molecule has 2 aliphatic heterocycles. The first-order valence-corrected chi connectivity index (χ1v) is 13.8. The SMILES string of the molecule is O=C(Nc1ccccc1N1CCCCC1)c1csc(C2CCN(S(=O)(=O)CC(F)(F)F)CC2)n1. The van der Waals surface area contributed by atoms with Gasteiger partial charge in [-0.1, -0.05) is 12.1 Å². The maximum Gasteiger partial charge on any atom is 0.404 e. The molecule has 2 aromatic rings. The second kappa shape index (κ2) is 10.2. The van der Waals surface area contributed by atoms with Gasteiger partial charge in [0.25, 0.3) is 5.91 Å². The van der Waals surface area contributed by atoms with Gasteiger partial charge in [0.05, 0.1) is 16.4 Å². The van der Waals surface area contributed by atoms with E-state index in [0.717, 1.165) is 41.6 Å². The number of carbonyl (C=O) groups excluding carboxylic acids is 1. The summed E-state index contributed by atoms with van der Waals surface area (Å²) in [7, 11) is -4.38. The van der Waals surface area contributed by atoms with Crippen molar-refractivity contribution < 1.29 is 26.4 Å². The van der Waals surface area contributed by atoms with E-state index in [1.807, 2.05) is 24.3 Å². The van der Waals surface area contributed by atoms with Gasteiger partial charge in [-0.2, -0.15) is 13.2 Å². The molecule has 2 saturated heterocycles. The highest BCUT2D eigenvalue weighted by atomic mass is 32.2. The molecule has 1 N–H and O–H groups in total. The molecule has 1 aromatic heterocycles. The minimum atomic E-state index is -4.76. The van der Waals surface area contributed by atoms with Crippen LogP contribution in [0.3, 0.4) is 0 Å². The standard InChI is InChI=1S/C22H27F3N4O3S2/c23-22(24,25)15-34(31,32)29-12-8-16(9-13-29)21-27-18(14-33-21)20(30)26-17-6-2-3-7-19(17)28-10-4-1-5-11-28/h2-3,6-7,14,16H,1,4-5,8-13,15H2,(H,26,30). The molecule has 2 aliphatic rings. The normalized spacial score (nSPS) is 18.7. The fourth-order valence-corrected chi connectivity index (χ4v) is 6.77. The molecule has 34 heavy (non-hydrogen) atoms. The molecule has 2 fully saturated rings. The van der Waals surface area contributed by atoms with Gasteiger partial charge >= 0.3 is 6.18 Å². The van der Waals surface area contributed by atoms with Crippen LogP contribution in [0.1, 0.15) is 53.5 Å². The van der Waals surface area contributed by atoms with Gasteiger partial charge in [0.2, 0.25) is 10.0 Å². The Labute approximate surface area is 201 Å². The van der Waals surface area contributed by atoms with Crippen LogP contribution in [0.15, 0.2) is 29.6 Å². The molecular formula is C22H27F3N4O3S2. The highest BCUT2D eigenvalue weighted by Gasteiger charge is 2.39. The lowest BCUT2D eigenvalue weighted by atomic mass is 9.99. The van der Waals surface area contributed by atoms with Gasteiger partial charge in [-0.3, -0.25) is 4.79 Å². The summed E-state index contributed by atoms with van der Waals surface area (Å²) in [5, 5.41) is 5.32. The number of thiazole rings is 1. The smallest absolute Gasteiger partial charge is 0.370 e. The van der Waals surface area contributed by atoms with E-state index in [4.69, 9.17) is 0 Å². The number of hydrogen-bond donors (Lipinski definition) is 1. The highest BCUT2D eigenvalue weighted by Crippen LogP contribution is 2.33. The summed E-state index contributed by atoms with van der Waals surface area (Å²) in [6.07, 6.45) is -0.589. The van der Waals surface area contributed by atoms with Crippen LogP contribution >= 0.6 is 11.3 Å². The maximum absolute atomic E-state index is 12.9. The Morgan fingerprint density at radius 1 is 1.09 bits per heavy atom. The molecule has 0 unspecified atom stereocenters. The third-order valence-electron chi connectivity index (χ3n) is 6.15. The molecule has 186 valence electrons. The summed E-state index contributed by atoms with van der Waals surface area (Å²) in [4.78, 5) is 19.6. The number of nitrogens with zero attached hydrogens (tertiary/aromatic N) is 3. The van der Waals surface area contributed by atoms with Crippen molar-refractivity contribution in [2.24, 2.45) is 0 Å². The Morgan fingerprint density at radius 3 is 2.44 bits per heavy atom. The molecule has 1 amide bonds. The third kappa shape index (κ3) is 6.08. The molecule has 4 rings (SSSR count). The molecule has 0 radical (unpaired) electrons. The number of hydrogen-bond acceptors (Lipinski definition) is 6. The van der Waals surface area contributed by atoms with Gasteiger partial charge in [-0.25, -0.2) is 17.7 Å². The molecule has 7 nitrogen and oxygen atoms in total. The zero-order chi connectivity index (χ0) is 24.3. The zero-order valence-corrected chi connectivity index (χ0v) is 20.2. The van der Waals surface area contributed by atoms with Crippen LogP contribution in [0.2, 0.25) is 0 Å². The number of carbonyl (C=O) groups is 1. The van der Waals surface area contributed by atoms with E-state index in [1.165, 1.54) is 17.8 Å². The number of para-hydroxylation sites is 2. The van der Waals surface area contributed by atoms with E-state index < -0.39 is 22.0 Å². The molecule has 0 bridgehead atoms. The largest absolute Gasteiger partial charge is 0.404 e. The van der Waals surface area contributed by atoms with Gasteiger partial charge < -0.3 is 10.2 Å². The van der Waals surface area contributed by atoms with Gasteiger partial charge in [0.1, 0.15) is 5.69 Å². The first kappa shape index (κ1) is 24.9. The topological polar surface area (TPSA) is 82.6 Å². The lowest BCUT2D eigenvalue weighted by Gasteiger charge is -2.30. The predicted molar refractivity (Wildman–Crippen MR) is 126 cm³/mol. The first-order valence-electron chi connectivity index (χ1n) is 11.3. The van der Waals surface area contributed by atoms with Crippen molar-refractivity contribution >= 4 is 38.6 Å². The Bertz CT molecular complexity index is 1110. The molecular weight excluding hydrogens is 489 g/mol. The van der Waals surface area contributed by atoms with Crippen LogP contribution < -0.4 is 10.2 Å². The monoisotopic (exact) mass is 516 g/mol. The Hall–Kier alpha value is -2.18. The van der Waals surface area contributed by atoms with Crippen LogP contribution in [-0.4, -0.2) is 61.7 Å². The summed E-state index contributed by atoms with van der Waals surface area (Å²) in [5.41, 5.74) is 1.99. The van der Waals surface area contributed by atoms with Crippen molar-refractivity contribution in [1.82, 2.24) is 9.29 Å². The molecule has 0 aliphatic carbocycles. The fourth-order valence-electron chi connectivity index (χ4n) is 4.43. The number of amides is 1. The summed E-state index contributed by atoms with van der Waals surface area (Å²) < 4.78 is 62.6. The molecule has 1 aromatic carbocycles. The molecule has 0 saturated carbocycles. The quantitative estimate of drug-likeness (QED) is 0.613. The minimum absolute atomic E-state index is 0.00734. The Balaban J connectivity index is 1.38. The first-order chi connectivity index (χ1) is 16.1. The average molecular weight is 517 g/mol. The Kier molecular flexibility index (Phi) is 7.48. The lowest BCUT2D eigenvalue weighted by molar-refractivity contribution is -0.107. The summed E-state index contributed by atoms with van der Waals surface area (Å²) in [6, 6.07) is 7.68. The minimum Gasteiger partial charge on any atom is -0.370 e. The summed E-state index contributed by atoms with van der Waals surface area (Å²) in [5.74, 6) is -2.26. The van der Waals surface area contributed by atoms with Crippen molar-refractivity contribution in [2.45, 2.75) is 44.2 Å².